The van der Waals surface area contributed by atoms with Crippen LogP contribution in [0.1, 0.15) is 41.7 Å². The summed E-state index contributed by atoms with van der Waals surface area (Å²) >= 11 is 0. The lowest BCUT2D eigenvalue weighted by atomic mass is 10.1. The summed E-state index contributed by atoms with van der Waals surface area (Å²) in [6.45, 7) is 2.22. The molecule has 0 saturated heterocycles. The summed E-state index contributed by atoms with van der Waals surface area (Å²) in [5.74, 6) is 0. The predicted octanol–water partition coefficient (Wildman–Crippen LogP) is 1.58. The standard InChI is InChI=1S/C23H22N4/c1-2-3-15-10-22-13-20-7-6-18(25-20)11-16-4-5-17(24-16)12-19-8-9-21(26-19)14-23(15)27-22/h4-14,24-27H,2-3H2,1H3. The van der Waals surface area contributed by atoms with Crippen molar-refractivity contribution < 1.29 is 0 Å². The summed E-state index contributed by atoms with van der Waals surface area (Å²) in [7, 11) is 0. The van der Waals surface area contributed by atoms with Gasteiger partial charge in [-0.25, -0.2) is 0 Å². The zero-order valence-electron chi connectivity index (χ0n) is 15.3. The Labute approximate surface area is 156 Å². The zero-order valence-corrected chi connectivity index (χ0v) is 15.3. The van der Waals surface area contributed by atoms with Gasteiger partial charge in [0.2, 0.25) is 0 Å². The molecule has 0 aliphatic carbocycles. The number of hydrogen-bond acceptors (Lipinski definition) is 0. The van der Waals surface area contributed by atoms with Gasteiger partial charge in [-0.15, -0.1) is 0 Å². The van der Waals surface area contributed by atoms with Gasteiger partial charge < -0.3 is 19.9 Å². The second kappa shape index (κ2) is 6.40. The van der Waals surface area contributed by atoms with Crippen LogP contribution < -0.4 is 21.4 Å². The van der Waals surface area contributed by atoms with Crippen LogP contribution in [-0.2, 0) is 6.42 Å². The molecule has 4 aromatic rings. The van der Waals surface area contributed by atoms with Crippen LogP contribution in [0.4, 0.5) is 0 Å². The molecule has 0 amide bonds. The molecule has 0 atom stereocenters. The fourth-order valence-electron chi connectivity index (χ4n) is 3.67. The number of rotatable bonds is 2. The molecule has 1 aliphatic heterocycles. The van der Waals surface area contributed by atoms with Crippen molar-refractivity contribution in [3.63, 3.8) is 0 Å². The van der Waals surface area contributed by atoms with Gasteiger partial charge >= 0.3 is 0 Å². The van der Waals surface area contributed by atoms with Crippen molar-refractivity contribution in [1.82, 2.24) is 19.9 Å². The number of H-pyrrole nitrogens is 4. The van der Waals surface area contributed by atoms with Crippen molar-refractivity contribution in [2.45, 2.75) is 19.8 Å². The number of hydrogen-bond donors (Lipinski definition) is 4. The molecule has 5 rings (SSSR count). The molecule has 8 bridgehead atoms. The van der Waals surface area contributed by atoms with E-state index >= 15 is 0 Å². The maximum atomic E-state index is 3.57. The van der Waals surface area contributed by atoms with Gasteiger partial charge in [-0.2, -0.15) is 0 Å². The van der Waals surface area contributed by atoms with Crippen LogP contribution >= 0.6 is 0 Å². The van der Waals surface area contributed by atoms with Gasteiger partial charge in [0.15, 0.2) is 0 Å². The quantitative estimate of drug-likeness (QED) is 0.372. The Morgan fingerprint density at radius 3 is 1.74 bits per heavy atom. The van der Waals surface area contributed by atoms with E-state index in [1.54, 1.807) is 0 Å². The van der Waals surface area contributed by atoms with E-state index in [4.69, 9.17) is 0 Å². The highest BCUT2D eigenvalue weighted by Gasteiger charge is 2.02. The van der Waals surface area contributed by atoms with E-state index in [1.807, 2.05) is 0 Å². The highest BCUT2D eigenvalue weighted by atomic mass is 14.8. The third kappa shape index (κ3) is 3.22. The zero-order chi connectivity index (χ0) is 18.2. The molecule has 27 heavy (non-hydrogen) atoms. The predicted molar refractivity (Wildman–Crippen MR) is 110 cm³/mol. The van der Waals surface area contributed by atoms with Gasteiger partial charge in [0.25, 0.3) is 0 Å². The maximum Gasteiger partial charge on any atom is 0.0438 e. The van der Waals surface area contributed by atoms with Gasteiger partial charge in [-0.3, -0.25) is 0 Å². The fourth-order valence-corrected chi connectivity index (χ4v) is 3.67. The smallest absolute Gasteiger partial charge is 0.0438 e. The van der Waals surface area contributed by atoms with Crippen molar-refractivity contribution >= 4 is 24.3 Å². The molecular weight excluding hydrogens is 332 g/mol. The third-order valence-electron chi connectivity index (χ3n) is 4.90. The molecule has 0 aromatic carbocycles. The normalized spacial score (nSPS) is 12.6. The Kier molecular flexibility index (Phi) is 3.75. The van der Waals surface area contributed by atoms with Crippen LogP contribution in [0.2, 0.25) is 0 Å². The fraction of sp³-hybridized carbons (Fsp3) is 0.130. The summed E-state index contributed by atoms with van der Waals surface area (Å²) in [5.41, 5.74) is 5.69. The Hall–Kier alpha value is -3.40. The van der Waals surface area contributed by atoms with Gasteiger partial charge in [-0.1, -0.05) is 13.3 Å². The molecule has 134 valence electrons. The lowest BCUT2D eigenvalue weighted by Crippen LogP contribution is -2.12. The first-order valence-electron chi connectivity index (χ1n) is 9.43. The first-order valence-corrected chi connectivity index (χ1v) is 9.43. The molecule has 0 unspecified atom stereocenters. The first-order chi connectivity index (χ1) is 13.2. The molecule has 0 radical (unpaired) electrons. The molecule has 0 fully saturated rings. The van der Waals surface area contributed by atoms with Gasteiger partial charge in [0.05, 0.1) is 0 Å². The molecule has 4 aromatic heterocycles. The average molecular weight is 354 g/mol. The topological polar surface area (TPSA) is 63.2 Å². The molecule has 1 aliphatic rings. The van der Waals surface area contributed by atoms with E-state index in [0.717, 1.165) is 51.7 Å². The van der Waals surface area contributed by atoms with E-state index < -0.39 is 0 Å². The molecule has 4 nitrogen and oxygen atoms in total. The van der Waals surface area contributed by atoms with Crippen LogP contribution in [0.5, 0.6) is 0 Å². The largest absolute Gasteiger partial charge is 0.355 e. The molecular formula is C23H22N4. The van der Waals surface area contributed by atoms with Gasteiger partial charge in [0.1, 0.15) is 0 Å². The van der Waals surface area contributed by atoms with Crippen LogP contribution in [0, 0.1) is 0 Å². The minimum absolute atomic E-state index is 1.06. The molecule has 0 spiro atoms. The number of aromatic nitrogens is 4. The van der Waals surface area contributed by atoms with E-state index in [-0.39, 0.29) is 0 Å². The molecule has 5 heterocycles. The number of aryl methyl sites for hydroxylation is 1. The van der Waals surface area contributed by atoms with E-state index in [0.29, 0.717) is 0 Å². The van der Waals surface area contributed by atoms with Crippen LogP contribution in [0.15, 0.2) is 42.5 Å². The maximum absolute atomic E-state index is 3.57. The minimum Gasteiger partial charge on any atom is -0.355 e. The summed E-state index contributed by atoms with van der Waals surface area (Å²) in [6, 6.07) is 14.9. The Bertz CT molecular complexity index is 1340. The Morgan fingerprint density at radius 2 is 1.15 bits per heavy atom. The summed E-state index contributed by atoms with van der Waals surface area (Å²) in [5, 5.41) is 4.44. The van der Waals surface area contributed by atoms with Crippen molar-refractivity contribution in [2.75, 3.05) is 0 Å². The molecule has 4 heteroatoms. The molecule has 4 N–H and O–H groups in total. The summed E-state index contributed by atoms with van der Waals surface area (Å²) < 4.78 is 0. The van der Waals surface area contributed by atoms with E-state index in [1.165, 1.54) is 10.9 Å². The minimum atomic E-state index is 1.06. The number of nitrogens with one attached hydrogen (secondary N) is 4. The van der Waals surface area contributed by atoms with Crippen molar-refractivity contribution in [3.05, 3.63) is 92.2 Å². The van der Waals surface area contributed by atoms with E-state index in [9.17, 15) is 0 Å². The Balaban J connectivity index is 1.78. The van der Waals surface area contributed by atoms with Crippen LogP contribution in [0.25, 0.3) is 24.3 Å². The van der Waals surface area contributed by atoms with Gasteiger partial charge in [0, 0.05) is 44.2 Å². The van der Waals surface area contributed by atoms with E-state index in [2.05, 4.69) is 93.6 Å². The third-order valence-corrected chi connectivity index (χ3v) is 4.90. The second-order valence-corrected chi connectivity index (χ2v) is 7.10. The van der Waals surface area contributed by atoms with Gasteiger partial charge in [-0.05, 0) is 78.8 Å². The summed E-state index contributed by atoms with van der Waals surface area (Å²) in [4.78, 5) is 14.0. The highest BCUT2D eigenvalue weighted by Crippen LogP contribution is 2.05. The highest BCUT2D eigenvalue weighted by molar-refractivity contribution is 5.55. The number of fused-ring (bicyclic) bond motifs is 8. The molecule has 0 saturated carbocycles. The average Bonchev–Trinajstić information content (AvgIpc) is 3.41. The second-order valence-electron chi connectivity index (χ2n) is 7.10. The van der Waals surface area contributed by atoms with Crippen LogP contribution in [0.3, 0.4) is 0 Å². The monoisotopic (exact) mass is 354 g/mol. The Morgan fingerprint density at radius 1 is 0.593 bits per heavy atom. The lowest BCUT2D eigenvalue weighted by molar-refractivity contribution is 0.915. The van der Waals surface area contributed by atoms with Crippen molar-refractivity contribution in [2.24, 2.45) is 0 Å². The summed E-state index contributed by atoms with van der Waals surface area (Å²) in [6.07, 6.45) is 10.8. The van der Waals surface area contributed by atoms with Crippen molar-refractivity contribution in [3.8, 4) is 0 Å². The number of aromatic amines is 4. The van der Waals surface area contributed by atoms with Crippen molar-refractivity contribution in [1.29, 1.82) is 0 Å². The first kappa shape index (κ1) is 15.8. The van der Waals surface area contributed by atoms with Crippen LogP contribution in [-0.4, -0.2) is 19.9 Å². The SMILES string of the molecule is CCCc1cc2[nH]c1=Cc1ccc([nH]1)C=c1ccc([nH]1)=Cc1ccc([nH]1)C=2. The lowest BCUT2D eigenvalue weighted by Gasteiger charge is -1.92.